The van der Waals surface area contributed by atoms with Gasteiger partial charge in [-0.15, -0.1) is 0 Å². The van der Waals surface area contributed by atoms with Crippen LogP contribution in [0.1, 0.15) is 12.5 Å². The zero-order chi connectivity index (χ0) is 20.9. The summed E-state index contributed by atoms with van der Waals surface area (Å²) in [5, 5.41) is 0. The van der Waals surface area contributed by atoms with E-state index >= 15 is 0 Å². The lowest BCUT2D eigenvalue weighted by Crippen LogP contribution is -2.37. The third kappa shape index (κ3) is 4.46. The predicted octanol–water partition coefficient (Wildman–Crippen LogP) is 4.72. The van der Waals surface area contributed by atoms with Crippen molar-refractivity contribution in [2.75, 3.05) is 7.05 Å². The molecule has 1 aromatic heterocycles. The molecule has 0 radical (unpaired) electrons. The van der Waals surface area contributed by atoms with Crippen molar-refractivity contribution in [2.45, 2.75) is 19.6 Å². The van der Waals surface area contributed by atoms with Crippen LogP contribution < -0.4 is 4.74 Å². The number of hydrogen-bond donors (Lipinski definition) is 0. The topological polar surface area (TPSA) is 55.3 Å². The highest BCUT2D eigenvalue weighted by Gasteiger charge is 2.19. The van der Waals surface area contributed by atoms with Gasteiger partial charge in [0.15, 0.2) is 6.10 Å². The minimum atomic E-state index is -0.579. The van der Waals surface area contributed by atoms with Gasteiger partial charge in [0, 0.05) is 19.2 Å². The number of carbonyl (C=O) groups excluding carboxylic acids is 1. The van der Waals surface area contributed by atoms with Crippen molar-refractivity contribution >= 4 is 16.9 Å². The van der Waals surface area contributed by atoms with E-state index in [0.717, 1.165) is 27.9 Å². The van der Waals surface area contributed by atoms with Gasteiger partial charge in [-0.3, -0.25) is 9.78 Å². The average molecular weight is 397 g/mol. The van der Waals surface area contributed by atoms with E-state index in [1.54, 1.807) is 25.1 Å². The Morgan fingerprint density at radius 2 is 1.60 bits per heavy atom. The van der Waals surface area contributed by atoms with Crippen LogP contribution in [0.15, 0.2) is 85.1 Å². The van der Waals surface area contributed by atoms with Crippen molar-refractivity contribution in [3.8, 4) is 17.0 Å². The van der Waals surface area contributed by atoms with Crippen LogP contribution in [-0.2, 0) is 11.3 Å². The molecular weight excluding hydrogens is 374 g/mol. The normalized spacial score (nSPS) is 11.8. The smallest absolute Gasteiger partial charge is 0.263 e. The Bertz CT molecular complexity index is 1140. The number of ether oxygens (including phenoxy) is 1. The van der Waals surface area contributed by atoms with Gasteiger partial charge in [-0.2, -0.15) is 0 Å². The number of hydrogen-bond acceptors (Lipinski definition) is 4. The zero-order valence-electron chi connectivity index (χ0n) is 17.0. The molecule has 3 aromatic carbocycles. The van der Waals surface area contributed by atoms with Gasteiger partial charge in [0.1, 0.15) is 5.75 Å². The molecule has 30 heavy (non-hydrogen) atoms. The number of amides is 1. The molecule has 4 rings (SSSR count). The fourth-order valence-electron chi connectivity index (χ4n) is 3.30. The number of carbonyl (C=O) groups is 1. The maximum atomic E-state index is 12.6. The second-order valence-corrected chi connectivity index (χ2v) is 7.21. The highest BCUT2D eigenvalue weighted by Crippen LogP contribution is 2.23. The number of likely N-dealkylation sites (N-methyl/N-ethyl adjacent to an activating group) is 1. The highest BCUT2D eigenvalue weighted by molar-refractivity contribution is 5.80. The summed E-state index contributed by atoms with van der Waals surface area (Å²) in [6.07, 6.45) is 1.19. The minimum Gasteiger partial charge on any atom is -0.481 e. The van der Waals surface area contributed by atoms with Crippen LogP contribution in [-0.4, -0.2) is 33.9 Å². The summed E-state index contributed by atoms with van der Waals surface area (Å²) in [7, 11) is 1.79. The first-order chi connectivity index (χ1) is 14.6. The largest absolute Gasteiger partial charge is 0.481 e. The highest BCUT2D eigenvalue weighted by atomic mass is 16.5. The summed E-state index contributed by atoms with van der Waals surface area (Å²) in [6, 6.07) is 25.3. The van der Waals surface area contributed by atoms with Crippen LogP contribution in [0.25, 0.3) is 22.3 Å². The third-order valence-electron chi connectivity index (χ3n) is 4.90. The van der Waals surface area contributed by atoms with E-state index in [1.165, 1.54) is 0 Å². The summed E-state index contributed by atoms with van der Waals surface area (Å²) in [5.74, 6) is 0.574. The summed E-state index contributed by atoms with van der Waals surface area (Å²) in [4.78, 5) is 23.5. The van der Waals surface area contributed by atoms with E-state index in [4.69, 9.17) is 4.74 Å². The first-order valence-corrected chi connectivity index (χ1v) is 9.88. The van der Waals surface area contributed by atoms with Crippen molar-refractivity contribution < 1.29 is 9.53 Å². The monoisotopic (exact) mass is 397 g/mol. The Morgan fingerprint density at radius 1 is 0.933 bits per heavy atom. The van der Waals surface area contributed by atoms with Crippen LogP contribution in [0.3, 0.4) is 0 Å². The molecule has 0 aliphatic carbocycles. The number of rotatable bonds is 6. The summed E-state index contributed by atoms with van der Waals surface area (Å²) < 4.78 is 5.87. The molecule has 0 fully saturated rings. The molecule has 0 N–H and O–H groups in total. The van der Waals surface area contributed by atoms with E-state index in [2.05, 4.69) is 9.97 Å². The predicted molar refractivity (Wildman–Crippen MR) is 118 cm³/mol. The Kier molecular flexibility index (Phi) is 5.70. The van der Waals surface area contributed by atoms with Crippen LogP contribution in [0.2, 0.25) is 0 Å². The molecule has 1 heterocycles. The molecule has 1 amide bonds. The first kappa shape index (κ1) is 19.6. The molecule has 4 aromatic rings. The lowest BCUT2D eigenvalue weighted by Gasteiger charge is -2.22. The second kappa shape index (κ2) is 8.74. The van der Waals surface area contributed by atoms with Crippen LogP contribution >= 0.6 is 0 Å². The third-order valence-corrected chi connectivity index (χ3v) is 4.90. The van der Waals surface area contributed by atoms with Gasteiger partial charge in [-0.05, 0) is 48.9 Å². The SMILES string of the molecule is C[C@@H](Oc1ccc(-c2cnc3ccccc3n2)cc1)C(=O)N(C)Cc1ccccc1. The summed E-state index contributed by atoms with van der Waals surface area (Å²) in [6.45, 7) is 2.32. The van der Waals surface area contributed by atoms with Gasteiger partial charge < -0.3 is 9.64 Å². The molecular formula is C25H23N3O2. The first-order valence-electron chi connectivity index (χ1n) is 9.88. The standard InChI is InChI=1S/C25H23N3O2/c1-18(25(29)28(2)17-19-8-4-3-5-9-19)30-21-14-12-20(13-15-21)24-16-26-22-10-6-7-11-23(22)27-24/h3-16,18H,17H2,1-2H3/t18-/m1/s1. The Labute approximate surface area is 176 Å². The average Bonchev–Trinajstić information content (AvgIpc) is 2.79. The van der Waals surface area contributed by atoms with Crippen molar-refractivity contribution in [1.82, 2.24) is 14.9 Å². The zero-order valence-corrected chi connectivity index (χ0v) is 17.0. The Morgan fingerprint density at radius 3 is 2.33 bits per heavy atom. The fourth-order valence-corrected chi connectivity index (χ4v) is 3.30. The lowest BCUT2D eigenvalue weighted by atomic mass is 10.1. The quantitative estimate of drug-likeness (QED) is 0.472. The molecule has 0 aliphatic rings. The molecule has 0 bridgehead atoms. The maximum absolute atomic E-state index is 12.6. The van der Waals surface area contributed by atoms with Crippen molar-refractivity contribution in [1.29, 1.82) is 0 Å². The molecule has 0 unspecified atom stereocenters. The molecule has 5 heteroatoms. The molecule has 5 nitrogen and oxygen atoms in total. The van der Waals surface area contributed by atoms with E-state index in [1.807, 2.05) is 78.9 Å². The number of aromatic nitrogens is 2. The van der Waals surface area contributed by atoms with Crippen LogP contribution in [0.4, 0.5) is 0 Å². The van der Waals surface area contributed by atoms with Crippen molar-refractivity contribution in [3.05, 3.63) is 90.6 Å². The van der Waals surface area contributed by atoms with Gasteiger partial charge in [-0.1, -0.05) is 42.5 Å². The molecule has 0 saturated carbocycles. The molecule has 1 atom stereocenters. The Hall–Kier alpha value is -3.73. The van der Waals surface area contributed by atoms with Crippen LogP contribution in [0.5, 0.6) is 5.75 Å². The minimum absolute atomic E-state index is 0.0664. The Balaban J connectivity index is 1.41. The second-order valence-electron chi connectivity index (χ2n) is 7.21. The molecule has 0 aliphatic heterocycles. The van der Waals surface area contributed by atoms with Gasteiger partial charge in [0.2, 0.25) is 0 Å². The summed E-state index contributed by atoms with van der Waals surface area (Å²) >= 11 is 0. The number of fused-ring (bicyclic) bond motifs is 1. The van der Waals surface area contributed by atoms with E-state index in [-0.39, 0.29) is 5.91 Å². The van der Waals surface area contributed by atoms with E-state index in [0.29, 0.717) is 12.3 Å². The van der Waals surface area contributed by atoms with Gasteiger partial charge in [0.25, 0.3) is 5.91 Å². The van der Waals surface area contributed by atoms with Crippen molar-refractivity contribution in [2.24, 2.45) is 0 Å². The summed E-state index contributed by atoms with van der Waals surface area (Å²) in [5.41, 5.74) is 4.55. The molecule has 0 saturated heterocycles. The lowest BCUT2D eigenvalue weighted by molar-refractivity contribution is -0.137. The van der Waals surface area contributed by atoms with Gasteiger partial charge >= 0.3 is 0 Å². The fraction of sp³-hybridized carbons (Fsp3) is 0.160. The van der Waals surface area contributed by atoms with Crippen LogP contribution in [0, 0.1) is 0 Å². The molecule has 0 spiro atoms. The van der Waals surface area contributed by atoms with E-state index in [9.17, 15) is 4.79 Å². The maximum Gasteiger partial charge on any atom is 0.263 e. The molecule has 150 valence electrons. The van der Waals surface area contributed by atoms with Gasteiger partial charge in [-0.25, -0.2) is 4.98 Å². The number of para-hydroxylation sites is 2. The van der Waals surface area contributed by atoms with E-state index < -0.39 is 6.10 Å². The van der Waals surface area contributed by atoms with Gasteiger partial charge in [0.05, 0.1) is 22.9 Å². The van der Waals surface area contributed by atoms with Crippen molar-refractivity contribution in [3.63, 3.8) is 0 Å². The number of nitrogens with zero attached hydrogens (tertiary/aromatic N) is 3. The number of benzene rings is 3.